The van der Waals surface area contributed by atoms with Crippen molar-refractivity contribution in [3.05, 3.63) is 117 Å². The Kier molecular flexibility index (Phi) is 17.9. The molecule has 0 aromatic heterocycles. The number of ether oxygens (including phenoxy) is 1. The number of aliphatic hydroxyl groups excluding tert-OH is 1. The van der Waals surface area contributed by atoms with Crippen LogP contribution in [0.25, 0.3) is 0 Å². The van der Waals surface area contributed by atoms with Crippen LogP contribution in [0.3, 0.4) is 0 Å². The van der Waals surface area contributed by atoms with Gasteiger partial charge in [-0.2, -0.15) is 0 Å². The Balaban J connectivity index is 1.83. The lowest BCUT2D eigenvalue weighted by molar-refractivity contribution is 0.0192. The monoisotopic (exact) mass is 655 g/mol. The van der Waals surface area contributed by atoms with E-state index in [1.807, 2.05) is 0 Å². The molecule has 266 valence electrons. The largest absolute Gasteiger partial charge is 0.393 e. The van der Waals surface area contributed by atoms with Crippen LogP contribution < -0.4 is 0 Å². The van der Waals surface area contributed by atoms with Gasteiger partial charge >= 0.3 is 0 Å². The second-order valence-electron chi connectivity index (χ2n) is 15.9. The third kappa shape index (κ3) is 15.3. The molecule has 0 aromatic carbocycles. The minimum Gasteiger partial charge on any atom is -0.393 e. The lowest BCUT2D eigenvalue weighted by atomic mass is 9.70. The van der Waals surface area contributed by atoms with Crippen LogP contribution in [0.4, 0.5) is 0 Å². The number of unbranched alkanes of at least 4 members (excludes halogenated alkanes) is 3. The van der Waals surface area contributed by atoms with E-state index in [1.54, 1.807) is 11.1 Å². The van der Waals surface area contributed by atoms with E-state index in [1.165, 1.54) is 59.1 Å². The van der Waals surface area contributed by atoms with Crippen LogP contribution in [0.2, 0.25) is 0 Å². The highest BCUT2D eigenvalue weighted by atomic mass is 16.5. The Morgan fingerprint density at radius 2 is 1.33 bits per heavy atom. The van der Waals surface area contributed by atoms with E-state index in [0.29, 0.717) is 6.10 Å². The zero-order valence-corrected chi connectivity index (χ0v) is 32.7. The Hall–Kier alpha value is -2.68. The summed E-state index contributed by atoms with van der Waals surface area (Å²) in [6.07, 6.45) is 37.3. The van der Waals surface area contributed by atoms with Gasteiger partial charge in [-0.1, -0.05) is 166 Å². The number of allylic oxidation sites excluding steroid dienone is 18. The maximum absolute atomic E-state index is 10.1. The summed E-state index contributed by atoms with van der Waals surface area (Å²) < 4.78 is 6.31. The fourth-order valence-electron chi connectivity index (χ4n) is 7.35. The molecule has 48 heavy (non-hydrogen) atoms. The van der Waals surface area contributed by atoms with Crippen LogP contribution in [0.5, 0.6) is 0 Å². The van der Waals surface area contributed by atoms with Gasteiger partial charge in [0.15, 0.2) is 0 Å². The highest BCUT2D eigenvalue weighted by Gasteiger charge is 2.34. The van der Waals surface area contributed by atoms with E-state index < -0.39 is 0 Å². The van der Waals surface area contributed by atoms with Crippen molar-refractivity contribution in [1.29, 1.82) is 0 Å². The summed E-state index contributed by atoms with van der Waals surface area (Å²) in [5, 5.41) is 10.1. The molecule has 2 nitrogen and oxygen atoms in total. The third-order valence-corrected chi connectivity index (χ3v) is 10.0. The van der Waals surface area contributed by atoms with Gasteiger partial charge in [0, 0.05) is 6.61 Å². The van der Waals surface area contributed by atoms with Gasteiger partial charge in [0.1, 0.15) is 0 Å². The lowest BCUT2D eigenvalue weighted by Gasteiger charge is -2.39. The van der Waals surface area contributed by atoms with Crippen molar-refractivity contribution >= 4 is 0 Å². The molecule has 1 N–H and O–H groups in total. The predicted octanol–water partition coefficient (Wildman–Crippen LogP) is 13.4. The van der Waals surface area contributed by atoms with Gasteiger partial charge < -0.3 is 9.84 Å². The Morgan fingerprint density at radius 3 is 1.94 bits per heavy atom. The zero-order chi connectivity index (χ0) is 35.7. The standard InChI is InChI=1S/C46H70O2/c1-12-13-14-17-30-48-42-32-40(7)44(46(10,11)34-42)29-27-38(5)25-19-23-36(3)21-16-15-20-35(2)22-18-24-37(4)26-28-43-39(6)31-41(47)33-45(43,8)9/h15-16,18-26,28,41-42,47H,12-14,17,27,29-34H2,1-11H3/b16-15+,22-18+,23-19+,28-26+,35-20+,36-21+,37-24+,38-25+. The number of hydrogen-bond donors (Lipinski definition) is 1. The molecule has 2 aliphatic carbocycles. The minimum atomic E-state index is -0.223. The SMILES string of the molecule is CCCCCCOC1CC(C)=C(CC/C(C)=C/C=C/C(C)=C/C=C/C=C(C)/C=C/C=C(C)/C=C/C2=C(C)CC(O)CC2(C)C)C(C)(C)C1. The fourth-order valence-corrected chi connectivity index (χ4v) is 7.35. The second kappa shape index (κ2) is 20.7. The topological polar surface area (TPSA) is 29.5 Å². The minimum absolute atomic E-state index is 0.00971. The van der Waals surface area contributed by atoms with Crippen LogP contribution in [0, 0.1) is 10.8 Å². The third-order valence-electron chi connectivity index (χ3n) is 10.0. The van der Waals surface area contributed by atoms with E-state index >= 15 is 0 Å². The molecule has 0 aromatic rings. The molecule has 0 radical (unpaired) electrons. The molecule has 0 saturated heterocycles. The molecule has 0 spiro atoms. The van der Waals surface area contributed by atoms with Crippen molar-refractivity contribution in [2.45, 2.75) is 153 Å². The van der Waals surface area contributed by atoms with E-state index in [0.717, 1.165) is 45.1 Å². The molecule has 2 atom stereocenters. The van der Waals surface area contributed by atoms with Crippen LogP contribution >= 0.6 is 0 Å². The molecule has 2 heteroatoms. The quantitative estimate of drug-likeness (QED) is 0.0961. The summed E-state index contributed by atoms with van der Waals surface area (Å²) in [6, 6.07) is 0. The van der Waals surface area contributed by atoms with Crippen molar-refractivity contribution in [2.75, 3.05) is 6.61 Å². The van der Waals surface area contributed by atoms with Crippen LogP contribution in [-0.2, 0) is 4.74 Å². The predicted molar refractivity (Wildman–Crippen MR) is 212 cm³/mol. The molecular weight excluding hydrogens is 585 g/mol. The highest BCUT2D eigenvalue weighted by Crippen LogP contribution is 2.44. The van der Waals surface area contributed by atoms with Gasteiger partial charge in [-0.05, 0) is 103 Å². The summed E-state index contributed by atoms with van der Waals surface area (Å²) in [5.41, 5.74) is 11.1. The molecule has 0 bridgehead atoms. The van der Waals surface area contributed by atoms with Crippen molar-refractivity contribution in [1.82, 2.24) is 0 Å². The van der Waals surface area contributed by atoms with Crippen molar-refractivity contribution < 1.29 is 9.84 Å². The first kappa shape index (κ1) is 41.5. The van der Waals surface area contributed by atoms with Crippen LogP contribution in [0.1, 0.15) is 140 Å². The average Bonchev–Trinajstić information content (AvgIpc) is 2.97. The first-order chi connectivity index (χ1) is 22.6. The van der Waals surface area contributed by atoms with Gasteiger partial charge in [-0.3, -0.25) is 0 Å². The number of aliphatic hydroxyl groups is 1. The van der Waals surface area contributed by atoms with E-state index in [4.69, 9.17) is 4.74 Å². The van der Waals surface area contributed by atoms with Crippen LogP contribution in [0.15, 0.2) is 117 Å². The van der Waals surface area contributed by atoms with Gasteiger partial charge in [0.05, 0.1) is 12.2 Å². The first-order valence-electron chi connectivity index (χ1n) is 18.7. The normalized spacial score (nSPS) is 23.2. The van der Waals surface area contributed by atoms with Crippen molar-refractivity contribution in [2.24, 2.45) is 10.8 Å². The van der Waals surface area contributed by atoms with Crippen molar-refractivity contribution in [3.63, 3.8) is 0 Å². The van der Waals surface area contributed by atoms with E-state index in [2.05, 4.69) is 149 Å². The summed E-state index contributed by atoms with van der Waals surface area (Å²) in [7, 11) is 0. The van der Waals surface area contributed by atoms with Crippen LogP contribution in [-0.4, -0.2) is 23.9 Å². The Morgan fingerprint density at radius 1 is 0.729 bits per heavy atom. The van der Waals surface area contributed by atoms with E-state index in [-0.39, 0.29) is 16.9 Å². The summed E-state index contributed by atoms with van der Waals surface area (Å²) in [4.78, 5) is 0. The summed E-state index contributed by atoms with van der Waals surface area (Å²) in [6.45, 7) is 25.6. The van der Waals surface area contributed by atoms with Gasteiger partial charge in [0.25, 0.3) is 0 Å². The fraction of sp³-hybridized carbons (Fsp3) is 0.565. The first-order valence-corrected chi connectivity index (χ1v) is 18.7. The van der Waals surface area contributed by atoms with Crippen molar-refractivity contribution in [3.8, 4) is 0 Å². The summed E-state index contributed by atoms with van der Waals surface area (Å²) in [5.74, 6) is 0. The zero-order valence-electron chi connectivity index (χ0n) is 32.7. The average molecular weight is 655 g/mol. The molecule has 0 aliphatic heterocycles. The van der Waals surface area contributed by atoms with Gasteiger partial charge in [-0.25, -0.2) is 0 Å². The Bertz CT molecular complexity index is 1340. The molecule has 0 amide bonds. The molecule has 0 fully saturated rings. The second-order valence-corrected chi connectivity index (χ2v) is 15.9. The summed E-state index contributed by atoms with van der Waals surface area (Å²) >= 11 is 0. The smallest absolute Gasteiger partial charge is 0.0620 e. The lowest BCUT2D eigenvalue weighted by Crippen LogP contribution is -2.31. The Labute approximate surface area is 296 Å². The number of rotatable bonds is 17. The maximum atomic E-state index is 10.1. The molecule has 0 heterocycles. The van der Waals surface area contributed by atoms with Gasteiger partial charge in [0.2, 0.25) is 0 Å². The molecule has 0 saturated carbocycles. The van der Waals surface area contributed by atoms with Gasteiger partial charge in [-0.15, -0.1) is 0 Å². The molecule has 2 unspecified atom stereocenters. The highest BCUT2D eigenvalue weighted by molar-refractivity contribution is 5.38. The molecule has 2 aliphatic rings. The maximum Gasteiger partial charge on any atom is 0.0620 e. The molecule has 2 rings (SSSR count). The number of hydrogen-bond acceptors (Lipinski definition) is 2. The van der Waals surface area contributed by atoms with E-state index in [9.17, 15) is 5.11 Å². The molecular formula is C46H70O2.